The molecule has 6 nitrogen and oxygen atoms in total. The molecule has 0 aliphatic rings. The minimum absolute atomic E-state index is 0. The van der Waals surface area contributed by atoms with Gasteiger partial charge in [-0.15, -0.1) is 0 Å². The summed E-state index contributed by atoms with van der Waals surface area (Å²) >= 11 is 0. The summed E-state index contributed by atoms with van der Waals surface area (Å²) in [6.45, 7) is 0. The van der Waals surface area contributed by atoms with Gasteiger partial charge in [0.05, 0.1) is 9.82 Å². The zero-order chi connectivity index (χ0) is 10.1. The van der Waals surface area contributed by atoms with Crippen LogP contribution in [0.25, 0.3) is 0 Å². The number of hydrogen-bond donors (Lipinski definition) is 0. The van der Waals surface area contributed by atoms with Crippen molar-refractivity contribution in [2.24, 2.45) is 0 Å². The van der Waals surface area contributed by atoms with Crippen LogP contribution in [-0.4, -0.2) is 17.9 Å². The van der Waals surface area contributed by atoms with E-state index in [4.69, 9.17) is 0 Å². The van der Waals surface area contributed by atoms with E-state index in [0.29, 0.717) is 0 Å². The van der Waals surface area contributed by atoms with Crippen LogP contribution in [0.4, 0.5) is 5.69 Å². The first-order valence-electron chi connectivity index (χ1n) is 3.11. The number of non-ortho nitro benzene ring substituents is 1. The third-order valence-electron chi connectivity index (χ3n) is 1.32. The number of nitro groups is 1. The molecule has 0 aliphatic carbocycles. The summed E-state index contributed by atoms with van der Waals surface area (Å²) in [6.07, 6.45) is 0. The Morgan fingerprint density at radius 2 is 1.86 bits per heavy atom. The van der Waals surface area contributed by atoms with Crippen molar-refractivity contribution in [3.63, 3.8) is 0 Å². The summed E-state index contributed by atoms with van der Waals surface area (Å²) in [4.78, 5) is 8.82. The van der Waals surface area contributed by atoms with Crippen molar-refractivity contribution in [2.75, 3.05) is 0 Å². The molecule has 0 heterocycles. The largest absolute Gasteiger partial charge is 1.00 e. The van der Waals surface area contributed by atoms with E-state index in [1.807, 2.05) is 0 Å². The van der Waals surface area contributed by atoms with Gasteiger partial charge in [0.2, 0.25) is 0 Å². The summed E-state index contributed by atoms with van der Waals surface area (Å²) in [5.74, 6) is 0. The van der Waals surface area contributed by atoms with Gasteiger partial charge in [0.15, 0.2) is 0 Å². The molecule has 0 bridgehead atoms. The first kappa shape index (κ1) is 13.5. The Labute approximate surface area is 102 Å². The molecule has 14 heavy (non-hydrogen) atoms. The van der Waals surface area contributed by atoms with E-state index in [2.05, 4.69) is 0 Å². The van der Waals surface area contributed by atoms with Crippen LogP contribution >= 0.6 is 0 Å². The maximum Gasteiger partial charge on any atom is 1.00 e. The monoisotopic (exact) mass is 225 g/mol. The molecular weight excluding hydrogens is 221 g/mol. The molecule has 0 amide bonds. The van der Waals surface area contributed by atoms with Gasteiger partial charge < -0.3 is 4.55 Å². The van der Waals surface area contributed by atoms with Crippen LogP contribution in [-0.2, 0) is 10.1 Å². The third kappa shape index (κ3) is 3.35. The zero-order valence-electron chi connectivity index (χ0n) is 7.21. The van der Waals surface area contributed by atoms with E-state index in [1.54, 1.807) is 0 Å². The number of nitrogens with zero attached hydrogens (tertiary/aromatic N) is 1. The van der Waals surface area contributed by atoms with Crippen molar-refractivity contribution >= 4 is 15.8 Å². The van der Waals surface area contributed by atoms with E-state index in [1.165, 1.54) is 0 Å². The van der Waals surface area contributed by atoms with E-state index in [-0.39, 0.29) is 29.6 Å². The van der Waals surface area contributed by atoms with Crippen LogP contribution in [0.5, 0.6) is 0 Å². The summed E-state index contributed by atoms with van der Waals surface area (Å²) < 4.78 is 31.3. The standard InChI is InChI=1S/C6H5NO5S.Na/c8-7(9)5-2-1-3-6(4-5)13(10,11)12;/h1-4H,(H,10,11,12);/q;+1/p-1. The van der Waals surface area contributed by atoms with Crippen LogP contribution in [0.3, 0.4) is 0 Å². The van der Waals surface area contributed by atoms with Gasteiger partial charge in [0.1, 0.15) is 10.1 Å². The van der Waals surface area contributed by atoms with Crippen molar-refractivity contribution in [3.8, 4) is 0 Å². The van der Waals surface area contributed by atoms with Crippen LogP contribution in [0, 0.1) is 10.1 Å². The summed E-state index contributed by atoms with van der Waals surface area (Å²) in [7, 11) is -4.61. The molecule has 0 aliphatic heterocycles. The van der Waals surface area contributed by atoms with Gasteiger partial charge in [-0.05, 0) is 6.07 Å². The van der Waals surface area contributed by atoms with Crippen molar-refractivity contribution in [1.29, 1.82) is 0 Å². The number of benzene rings is 1. The Bertz CT molecular complexity index is 443. The fourth-order valence-electron chi connectivity index (χ4n) is 0.753. The Balaban J connectivity index is 0.00000169. The molecule has 8 heteroatoms. The van der Waals surface area contributed by atoms with Gasteiger partial charge >= 0.3 is 29.6 Å². The normalized spacial score (nSPS) is 10.4. The quantitative estimate of drug-likeness (QED) is 0.240. The van der Waals surface area contributed by atoms with Crippen LogP contribution < -0.4 is 29.6 Å². The Morgan fingerprint density at radius 3 is 2.29 bits per heavy atom. The predicted molar refractivity (Wildman–Crippen MR) is 41.1 cm³/mol. The van der Waals surface area contributed by atoms with Gasteiger partial charge in [-0.2, -0.15) is 0 Å². The smallest absolute Gasteiger partial charge is 0.744 e. The number of rotatable bonds is 2. The third-order valence-corrected chi connectivity index (χ3v) is 2.15. The SMILES string of the molecule is O=[N+]([O-])c1cccc(S(=O)(=O)[O-])c1.[Na+]. The molecule has 0 spiro atoms. The van der Waals surface area contributed by atoms with Crippen molar-refractivity contribution in [2.45, 2.75) is 4.90 Å². The second-order valence-electron chi connectivity index (χ2n) is 2.21. The van der Waals surface area contributed by atoms with Gasteiger partial charge in [-0.1, -0.05) is 6.07 Å². The molecule has 1 aromatic rings. The van der Waals surface area contributed by atoms with Crippen molar-refractivity contribution in [1.82, 2.24) is 0 Å². The van der Waals surface area contributed by atoms with E-state index >= 15 is 0 Å². The molecule has 0 atom stereocenters. The summed E-state index contributed by atoms with van der Waals surface area (Å²) in [6, 6.07) is 3.98. The van der Waals surface area contributed by atoms with Crippen LogP contribution in [0.2, 0.25) is 0 Å². The fourth-order valence-corrected chi connectivity index (χ4v) is 1.26. The molecule has 1 rings (SSSR count). The molecule has 0 saturated carbocycles. The summed E-state index contributed by atoms with van der Waals surface area (Å²) in [5, 5.41) is 10.2. The molecular formula is C6H4NNaO5S. The van der Waals surface area contributed by atoms with E-state index in [9.17, 15) is 23.1 Å². The second kappa shape index (κ2) is 4.85. The topological polar surface area (TPSA) is 100 Å². The van der Waals surface area contributed by atoms with Gasteiger partial charge in [0, 0.05) is 12.1 Å². The number of hydrogen-bond acceptors (Lipinski definition) is 5. The molecule has 1 aromatic carbocycles. The predicted octanol–water partition coefficient (Wildman–Crippen LogP) is -2.50. The van der Waals surface area contributed by atoms with Gasteiger partial charge in [0.25, 0.3) is 5.69 Å². The first-order chi connectivity index (χ1) is 5.91. The molecule has 0 N–H and O–H groups in total. The Hall–Kier alpha value is -0.470. The maximum absolute atomic E-state index is 10.4. The van der Waals surface area contributed by atoms with Gasteiger partial charge in [-0.25, -0.2) is 8.42 Å². The molecule has 70 valence electrons. The summed E-state index contributed by atoms with van der Waals surface area (Å²) in [5.41, 5.74) is -0.420. The number of nitro benzene ring substituents is 1. The van der Waals surface area contributed by atoms with Gasteiger partial charge in [-0.3, -0.25) is 10.1 Å². The van der Waals surface area contributed by atoms with Crippen LogP contribution in [0.15, 0.2) is 29.2 Å². The molecule has 0 fully saturated rings. The van der Waals surface area contributed by atoms with E-state index < -0.39 is 25.6 Å². The van der Waals surface area contributed by atoms with Crippen molar-refractivity contribution < 1.29 is 47.5 Å². The molecule has 0 saturated heterocycles. The minimum atomic E-state index is -4.61. The maximum atomic E-state index is 10.4. The fraction of sp³-hybridized carbons (Fsp3) is 0. The Morgan fingerprint density at radius 1 is 1.29 bits per heavy atom. The van der Waals surface area contributed by atoms with Crippen LogP contribution in [0.1, 0.15) is 0 Å². The molecule has 0 radical (unpaired) electrons. The average Bonchev–Trinajstić information content (AvgIpc) is 2.03. The zero-order valence-corrected chi connectivity index (χ0v) is 10.0. The molecule has 0 unspecified atom stereocenters. The molecule has 0 aromatic heterocycles. The minimum Gasteiger partial charge on any atom is -0.744 e. The van der Waals surface area contributed by atoms with E-state index in [0.717, 1.165) is 24.3 Å². The first-order valence-corrected chi connectivity index (χ1v) is 4.52. The average molecular weight is 225 g/mol. The van der Waals surface area contributed by atoms with Crippen molar-refractivity contribution in [3.05, 3.63) is 34.4 Å². The Kier molecular flexibility index (Phi) is 4.69. The second-order valence-corrected chi connectivity index (χ2v) is 3.59.